The molecule has 2 aliphatic rings. The fourth-order valence-corrected chi connectivity index (χ4v) is 6.78. The highest BCUT2D eigenvalue weighted by Crippen LogP contribution is 2.30. The molecule has 6 amide bonds. The fourth-order valence-electron chi connectivity index (χ4n) is 5.65. The molecule has 0 radical (unpaired) electrons. The normalized spacial score (nSPS) is 23.8. The molecule has 1 aromatic carbocycles. The van der Waals surface area contributed by atoms with Crippen molar-refractivity contribution in [3.63, 3.8) is 0 Å². The molecule has 14 heteroatoms. The number of carbonyl (C=O) groups excluding carboxylic acids is 6. The molecule has 2 aromatic rings. The Labute approximate surface area is 278 Å². The van der Waals surface area contributed by atoms with Gasteiger partial charge in [-0.05, 0) is 60.6 Å². The maximum atomic E-state index is 13.9. The zero-order valence-electron chi connectivity index (χ0n) is 27.0. The largest absolute Gasteiger partial charge is 0.394 e. The Balaban J connectivity index is 1.63. The second-order valence-corrected chi connectivity index (χ2v) is 13.2. The number of thiophene rings is 1. The summed E-state index contributed by atoms with van der Waals surface area (Å²) in [5.74, 6) is -3.99. The summed E-state index contributed by atoms with van der Waals surface area (Å²) in [5.41, 5.74) is 2.89. The number of nitrogens with zero attached hydrogens (tertiary/aromatic N) is 1. The van der Waals surface area contributed by atoms with Crippen LogP contribution >= 0.6 is 11.3 Å². The number of hydrogen-bond acceptors (Lipinski definition) is 8. The smallest absolute Gasteiger partial charge is 0.264 e. The summed E-state index contributed by atoms with van der Waals surface area (Å²) in [5, 5.41) is 25.0. The lowest BCUT2D eigenvalue weighted by Crippen LogP contribution is -2.60. The van der Waals surface area contributed by atoms with E-state index in [9.17, 15) is 33.9 Å². The summed E-state index contributed by atoms with van der Waals surface area (Å²) in [6.45, 7) is 3.71. The van der Waals surface area contributed by atoms with Crippen LogP contribution in [-0.2, 0) is 43.2 Å². The topological polar surface area (TPSA) is 186 Å². The molecular weight excluding hydrogens is 624 g/mol. The van der Waals surface area contributed by atoms with Crippen LogP contribution in [0.1, 0.15) is 60.0 Å². The van der Waals surface area contributed by atoms with E-state index in [4.69, 9.17) is 0 Å². The zero-order valence-corrected chi connectivity index (χ0v) is 27.8. The summed E-state index contributed by atoms with van der Waals surface area (Å²) >= 11 is 1.34. The van der Waals surface area contributed by atoms with Gasteiger partial charge in [0, 0.05) is 19.5 Å². The monoisotopic (exact) mass is 668 g/mol. The summed E-state index contributed by atoms with van der Waals surface area (Å²) in [4.78, 5) is 82.1. The van der Waals surface area contributed by atoms with Gasteiger partial charge in [0.15, 0.2) is 0 Å². The Morgan fingerprint density at radius 2 is 1.62 bits per heavy atom. The molecule has 4 rings (SSSR count). The van der Waals surface area contributed by atoms with Crippen LogP contribution in [0.15, 0.2) is 35.7 Å². The molecule has 0 unspecified atom stereocenters. The van der Waals surface area contributed by atoms with Crippen molar-refractivity contribution >= 4 is 46.8 Å². The number of fused-ring (bicyclic) bond motifs is 1. The molecule has 1 saturated heterocycles. The van der Waals surface area contributed by atoms with E-state index in [1.165, 1.54) is 23.2 Å². The highest BCUT2D eigenvalue weighted by atomic mass is 32.1. The summed E-state index contributed by atoms with van der Waals surface area (Å²) < 4.78 is 0. The van der Waals surface area contributed by atoms with Crippen molar-refractivity contribution in [1.82, 2.24) is 31.5 Å². The van der Waals surface area contributed by atoms with Gasteiger partial charge in [0.1, 0.15) is 24.2 Å². The van der Waals surface area contributed by atoms with Crippen molar-refractivity contribution in [2.45, 2.75) is 77.0 Å². The van der Waals surface area contributed by atoms with Crippen molar-refractivity contribution in [3.05, 3.63) is 57.3 Å². The second-order valence-electron chi connectivity index (χ2n) is 12.3. The van der Waals surface area contributed by atoms with Crippen molar-refractivity contribution in [2.75, 3.05) is 26.2 Å². The lowest BCUT2D eigenvalue weighted by atomic mass is 9.93. The molecule has 1 aromatic heterocycles. The van der Waals surface area contributed by atoms with Gasteiger partial charge < -0.3 is 36.6 Å². The summed E-state index contributed by atoms with van der Waals surface area (Å²) in [6.07, 6.45) is 3.79. The van der Waals surface area contributed by atoms with E-state index < -0.39 is 60.3 Å². The van der Waals surface area contributed by atoms with Crippen molar-refractivity contribution < 1.29 is 33.9 Å². The number of aliphatic hydroxyl groups is 1. The first-order valence-electron chi connectivity index (χ1n) is 16.0. The molecule has 2 heterocycles. The Hall–Kier alpha value is -4.30. The SMILES string of the molecule is CC(C)[C@H]1NC(=O)CN(C(=O)c2scc3c2CCCC3)CCNC(=O)[C@@H](Cc2ccccc2)NC(=O)[C@H](CO)NC(=O)[C@H](C)NC1=O. The highest BCUT2D eigenvalue weighted by molar-refractivity contribution is 7.12. The molecule has 47 heavy (non-hydrogen) atoms. The molecule has 1 aliphatic heterocycles. The molecular formula is C33H44N6O7S. The lowest BCUT2D eigenvalue weighted by molar-refractivity contribution is -0.135. The van der Waals surface area contributed by atoms with Crippen LogP contribution in [0.2, 0.25) is 0 Å². The van der Waals surface area contributed by atoms with E-state index in [-0.39, 0.29) is 37.9 Å². The Morgan fingerprint density at radius 1 is 0.915 bits per heavy atom. The molecule has 6 N–H and O–H groups in total. The minimum atomic E-state index is -1.41. The molecule has 13 nitrogen and oxygen atoms in total. The number of nitrogens with one attached hydrogen (secondary N) is 5. The molecule has 1 aliphatic carbocycles. The second kappa shape index (κ2) is 16.5. The number of hydrogen-bond donors (Lipinski definition) is 6. The highest BCUT2D eigenvalue weighted by Gasteiger charge is 2.32. The van der Waals surface area contributed by atoms with Gasteiger partial charge >= 0.3 is 0 Å². The average molecular weight is 669 g/mol. The number of carbonyl (C=O) groups is 6. The third-order valence-electron chi connectivity index (χ3n) is 8.35. The van der Waals surface area contributed by atoms with E-state index in [2.05, 4.69) is 26.6 Å². The van der Waals surface area contributed by atoms with Crippen LogP contribution in [0.5, 0.6) is 0 Å². The van der Waals surface area contributed by atoms with E-state index in [1.807, 2.05) is 11.4 Å². The van der Waals surface area contributed by atoms with Gasteiger partial charge in [0.2, 0.25) is 29.5 Å². The predicted molar refractivity (Wildman–Crippen MR) is 175 cm³/mol. The Kier molecular flexibility index (Phi) is 12.5. The van der Waals surface area contributed by atoms with Gasteiger partial charge in [-0.1, -0.05) is 44.2 Å². The maximum Gasteiger partial charge on any atom is 0.264 e. The van der Waals surface area contributed by atoms with Crippen molar-refractivity contribution in [3.8, 4) is 0 Å². The van der Waals surface area contributed by atoms with Crippen LogP contribution in [-0.4, -0.2) is 95.9 Å². The van der Waals surface area contributed by atoms with E-state index in [0.29, 0.717) is 4.88 Å². The fraction of sp³-hybridized carbons (Fsp3) is 0.515. The van der Waals surface area contributed by atoms with Crippen LogP contribution in [0.3, 0.4) is 0 Å². The number of amides is 6. The van der Waals surface area contributed by atoms with Gasteiger partial charge in [-0.3, -0.25) is 28.8 Å². The van der Waals surface area contributed by atoms with Crippen molar-refractivity contribution in [2.24, 2.45) is 5.92 Å². The number of rotatable bonds is 5. The summed E-state index contributed by atoms with van der Waals surface area (Å²) in [7, 11) is 0. The van der Waals surface area contributed by atoms with E-state index in [1.54, 1.807) is 38.1 Å². The van der Waals surface area contributed by atoms with Crippen molar-refractivity contribution in [1.29, 1.82) is 0 Å². The van der Waals surface area contributed by atoms with Gasteiger partial charge in [-0.25, -0.2) is 0 Å². The number of aliphatic hydroxyl groups excluding tert-OH is 1. The molecule has 0 spiro atoms. The van der Waals surface area contributed by atoms with Gasteiger partial charge in [0.25, 0.3) is 5.91 Å². The minimum Gasteiger partial charge on any atom is -0.394 e. The van der Waals surface area contributed by atoms with Crippen LogP contribution in [0.25, 0.3) is 0 Å². The predicted octanol–water partition coefficient (Wildman–Crippen LogP) is 0.0490. The number of benzene rings is 1. The van der Waals surface area contributed by atoms with Gasteiger partial charge in [0.05, 0.1) is 18.0 Å². The van der Waals surface area contributed by atoms with E-state index >= 15 is 0 Å². The van der Waals surface area contributed by atoms with Gasteiger partial charge in [-0.15, -0.1) is 11.3 Å². The maximum absolute atomic E-state index is 13.9. The van der Waals surface area contributed by atoms with Gasteiger partial charge in [-0.2, -0.15) is 0 Å². The summed E-state index contributed by atoms with van der Waals surface area (Å²) in [6, 6.07) is 4.35. The Bertz CT molecular complexity index is 1460. The first-order chi connectivity index (χ1) is 22.5. The standard InChI is InChI=1S/C33H44N6O7S/c1-19(2)27-32(45)35-20(3)29(42)37-25(17-40)31(44)36-24(15-21-9-5-4-6-10-21)30(43)34-13-14-39(16-26(41)38-27)33(46)28-23-12-8-7-11-22(23)18-47-28/h4-6,9-10,18-20,24-25,27,40H,7-8,11-17H2,1-3H3,(H,34,43)(H,35,45)(H,36,44)(H,37,42)(H,38,41)/t20-,24+,25-,27+/m0/s1. The lowest BCUT2D eigenvalue weighted by Gasteiger charge is -2.28. The molecule has 0 saturated carbocycles. The first kappa shape index (κ1) is 35.6. The molecule has 1 fully saturated rings. The third-order valence-corrected chi connectivity index (χ3v) is 9.41. The number of aryl methyl sites for hydroxylation is 1. The van der Waals surface area contributed by atoms with E-state index in [0.717, 1.165) is 42.4 Å². The molecule has 4 atom stereocenters. The zero-order chi connectivity index (χ0) is 34.1. The average Bonchev–Trinajstić information content (AvgIpc) is 3.48. The van der Waals surface area contributed by atoms with Crippen LogP contribution in [0, 0.1) is 5.92 Å². The van der Waals surface area contributed by atoms with Crippen LogP contribution < -0.4 is 26.6 Å². The molecule has 254 valence electrons. The Morgan fingerprint density at radius 3 is 2.32 bits per heavy atom. The van der Waals surface area contributed by atoms with Crippen LogP contribution in [0.4, 0.5) is 0 Å². The molecule has 0 bridgehead atoms. The minimum absolute atomic E-state index is 0.0123. The third kappa shape index (κ3) is 9.38. The first-order valence-corrected chi connectivity index (χ1v) is 16.9. The quantitative estimate of drug-likeness (QED) is 0.260.